The predicted octanol–water partition coefficient (Wildman–Crippen LogP) is 18.1. The topological polar surface area (TPSA) is 77.3 Å². The van der Waals surface area contributed by atoms with Crippen LogP contribution < -0.4 is 0 Å². The van der Waals surface area contributed by atoms with Crippen molar-refractivity contribution in [2.45, 2.75) is 0 Å². The van der Waals surface area contributed by atoms with E-state index in [1.165, 1.54) is 0 Å². The largest absolute Gasteiger partial charge is 0.208 e. The van der Waals surface area contributed by atoms with Gasteiger partial charge in [-0.05, 0) is 85.0 Å². The first-order valence-corrected chi connectivity index (χ1v) is 26.1. The molecule has 0 spiro atoms. The highest BCUT2D eigenvalue weighted by atomic mass is 15.0. The Balaban J connectivity index is 0.899. The third-order valence-corrected chi connectivity index (χ3v) is 14.1. The maximum Gasteiger partial charge on any atom is 0.164 e. The summed E-state index contributed by atoms with van der Waals surface area (Å²) in [7, 11) is 0. The second-order valence-corrected chi connectivity index (χ2v) is 19.0. The molecular formula is C72H48N6. The van der Waals surface area contributed by atoms with E-state index < -0.39 is 0 Å². The number of benzene rings is 11. The molecule has 0 unspecified atom stereocenters. The molecule has 2 heterocycles. The van der Waals surface area contributed by atoms with Crippen molar-refractivity contribution in [2.75, 3.05) is 0 Å². The third-order valence-electron chi connectivity index (χ3n) is 14.1. The van der Waals surface area contributed by atoms with Crippen molar-refractivity contribution in [3.05, 3.63) is 291 Å². The first kappa shape index (κ1) is 47.2. The fourth-order valence-electron chi connectivity index (χ4n) is 10.2. The van der Waals surface area contributed by atoms with Gasteiger partial charge in [-0.1, -0.05) is 273 Å². The molecule has 0 fully saturated rings. The van der Waals surface area contributed by atoms with Crippen LogP contribution in [0.5, 0.6) is 0 Å². The van der Waals surface area contributed by atoms with Crippen LogP contribution in [0.2, 0.25) is 0 Å². The molecule has 0 bridgehead atoms. The van der Waals surface area contributed by atoms with Crippen LogP contribution in [0.15, 0.2) is 291 Å². The van der Waals surface area contributed by atoms with Crippen LogP contribution in [0, 0.1) is 0 Å². The van der Waals surface area contributed by atoms with E-state index in [0.717, 1.165) is 100 Å². The standard InChI is InChI=1S/C72H48N6/c1-5-24-49(25-6-1)59-38-13-17-42-63(59)69-73-67(74-70(77-69)64-43-18-14-39-60(64)50-26-7-2-8-27-50)57-36-22-34-55(47-57)53-32-21-33-54(46-53)56-35-23-37-58(48-56)68-75-71(65-44-19-15-40-61(65)51-28-9-3-10-29-51)78-72(76-68)66-45-20-16-41-62(66)52-30-11-4-12-31-52/h1-48H. The average Bonchev–Trinajstić information content (AvgIpc) is 3.55. The summed E-state index contributed by atoms with van der Waals surface area (Å²) in [5, 5.41) is 0. The van der Waals surface area contributed by atoms with Gasteiger partial charge in [0.1, 0.15) is 0 Å². The molecule has 11 aromatic carbocycles. The van der Waals surface area contributed by atoms with Crippen LogP contribution in [0.3, 0.4) is 0 Å². The summed E-state index contributed by atoms with van der Waals surface area (Å²) in [5.41, 5.74) is 18.2. The number of aromatic nitrogens is 6. The predicted molar refractivity (Wildman–Crippen MR) is 318 cm³/mol. The summed E-state index contributed by atoms with van der Waals surface area (Å²) in [4.78, 5) is 31.6. The highest BCUT2D eigenvalue weighted by molar-refractivity contribution is 5.87. The fraction of sp³-hybridized carbons (Fsp3) is 0. The van der Waals surface area contributed by atoms with E-state index in [0.29, 0.717) is 34.9 Å². The van der Waals surface area contributed by atoms with Crippen molar-refractivity contribution in [1.29, 1.82) is 0 Å². The summed E-state index contributed by atoms with van der Waals surface area (Å²) in [6.45, 7) is 0. The maximum atomic E-state index is 5.28. The minimum Gasteiger partial charge on any atom is -0.208 e. The molecule has 0 N–H and O–H groups in total. The molecule has 13 aromatic rings. The smallest absolute Gasteiger partial charge is 0.164 e. The van der Waals surface area contributed by atoms with E-state index in [-0.39, 0.29) is 0 Å². The normalized spacial score (nSPS) is 11.1. The molecule has 2 aromatic heterocycles. The Morgan fingerprint density at radius 1 is 0.128 bits per heavy atom. The second kappa shape index (κ2) is 21.4. The van der Waals surface area contributed by atoms with E-state index in [2.05, 4.69) is 243 Å². The van der Waals surface area contributed by atoms with Gasteiger partial charge in [0, 0.05) is 33.4 Å². The van der Waals surface area contributed by atoms with Gasteiger partial charge in [0.15, 0.2) is 34.9 Å². The lowest BCUT2D eigenvalue weighted by Gasteiger charge is -2.14. The summed E-state index contributed by atoms with van der Waals surface area (Å²) >= 11 is 0. The molecule has 0 radical (unpaired) electrons. The zero-order valence-electron chi connectivity index (χ0n) is 42.4. The van der Waals surface area contributed by atoms with Gasteiger partial charge in [-0.15, -0.1) is 0 Å². The Labute approximate surface area is 453 Å². The monoisotopic (exact) mass is 996 g/mol. The van der Waals surface area contributed by atoms with E-state index in [4.69, 9.17) is 29.9 Å². The third kappa shape index (κ3) is 9.69. The Morgan fingerprint density at radius 2 is 0.308 bits per heavy atom. The SMILES string of the molecule is c1ccc(-c2ccccc2-c2nc(-c3cccc(-c4cccc(-c5cccc(-c6nc(-c7ccccc7-c7ccccc7)nc(-c7ccccc7-c7ccccc7)n6)c5)c4)c3)nc(-c3ccccc3-c3ccccc3)n2)cc1. The molecule has 0 saturated heterocycles. The molecule has 0 aliphatic carbocycles. The van der Waals surface area contributed by atoms with Crippen LogP contribution in [-0.2, 0) is 0 Å². The van der Waals surface area contributed by atoms with Crippen molar-refractivity contribution in [3.63, 3.8) is 0 Å². The molecule has 6 nitrogen and oxygen atoms in total. The Hall–Kier alpha value is -10.6. The van der Waals surface area contributed by atoms with Crippen molar-refractivity contribution < 1.29 is 0 Å². The number of hydrogen-bond acceptors (Lipinski definition) is 6. The zero-order chi connectivity index (χ0) is 52.0. The lowest BCUT2D eigenvalue weighted by molar-refractivity contribution is 1.07. The van der Waals surface area contributed by atoms with Gasteiger partial charge in [-0.25, -0.2) is 29.9 Å². The van der Waals surface area contributed by atoms with E-state index >= 15 is 0 Å². The zero-order valence-corrected chi connectivity index (χ0v) is 42.4. The highest BCUT2D eigenvalue weighted by Gasteiger charge is 2.21. The van der Waals surface area contributed by atoms with Gasteiger partial charge < -0.3 is 0 Å². The number of rotatable bonds is 12. The molecule has 366 valence electrons. The Morgan fingerprint density at radius 3 is 0.564 bits per heavy atom. The van der Waals surface area contributed by atoms with Crippen molar-refractivity contribution in [2.24, 2.45) is 0 Å². The highest BCUT2D eigenvalue weighted by Crippen LogP contribution is 2.39. The minimum atomic E-state index is 0.584. The van der Waals surface area contributed by atoms with Gasteiger partial charge in [0.25, 0.3) is 0 Å². The fourth-order valence-corrected chi connectivity index (χ4v) is 10.2. The second-order valence-electron chi connectivity index (χ2n) is 19.0. The van der Waals surface area contributed by atoms with Crippen LogP contribution in [-0.4, -0.2) is 29.9 Å². The van der Waals surface area contributed by atoms with Crippen molar-refractivity contribution in [1.82, 2.24) is 29.9 Å². The first-order chi connectivity index (χ1) is 38.7. The van der Waals surface area contributed by atoms with Gasteiger partial charge in [-0.2, -0.15) is 0 Å². The molecule has 78 heavy (non-hydrogen) atoms. The molecule has 0 saturated carbocycles. The minimum absolute atomic E-state index is 0.584. The Kier molecular flexibility index (Phi) is 12.9. The van der Waals surface area contributed by atoms with Gasteiger partial charge in [-0.3, -0.25) is 0 Å². The molecular weight excluding hydrogens is 949 g/mol. The van der Waals surface area contributed by atoms with Crippen LogP contribution in [0.4, 0.5) is 0 Å². The van der Waals surface area contributed by atoms with E-state index in [9.17, 15) is 0 Å². The number of nitrogens with zero attached hydrogens (tertiary/aromatic N) is 6. The maximum absolute atomic E-state index is 5.28. The average molecular weight is 997 g/mol. The molecule has 13 rings (SSSR count). The quantitative estimate of drug-likeness (QED) is 0.121. The summed E-state index contributed by atoms with van der Waals surface area (Å²) < 4.78 is 0. The molecule has 0 aliphatic rings. The van der Waals surface area contributed by atoms with Crippen molar-refractivity contribution in [3.8, 4) is 135 Å². The summed E-state index contributed by atoms with van der Waals surface area (Å²) in [5.74, 6) is 3.57. The van der Waals surface area contributed by atoms with Crippen LogP contribution >= 0.6 is 0 Å². The molecule has 0 atom stereocenters. The van der Waals surface area contributed by atoms with Gasteiger partial charge in [0.05, 0.1) is 0 Å². The summed E-state index contributed by atoms with van der Waals surface area (Å²) in [6.07, 6.45) is 0. The summed E-state index contributed by atoms with van der Waals surface area (Å²) in [6, 6.07) is 101. The van der Waals surface area contributed by atoms with E-state index in [1.807, 2.05) is 48.5 Å². The Bertz CT molecular complexity index is 3780. The van der Waals surface area contributed by atoms with Crippen LogP contribution in [0.25, 0.3) is 135 Å². The van der Waals surface area contributed by atoms with Crippen LogP contribution in [0.1, 0.15) is 0 Å². The van der Waals surface area contributed by atoms with Gasteiger partial charge >= 0.3 is 0 Å². The van der Waals surface area contributed by atoms with E-state index in [1.54, 1.807) is 0 Å². The molecule has 0 amide bonds. The molecule has 0 aliphatic heterocycles. The van der Waals surface area contributed by atoms with Crippen molar-refractivity contribution >= 4 is 0 Å². The molecule has 6 heteroatoms. The first-order valence-electron chi connectivity index (χ1n) is 26.1. The van der Waals surface area contributed by atoms with Gasteiger partial charge in [0.2, 0.25) is 0 Å². The lowest BCUT2D eigenvalue weighted by Crippen LogP contribution is -2.02. The lowest BCUT2D eigenvalue weighted by atomic mass is 9.96. The number of hydrogen-bond donors (Lipinski definition) is 0.